The number of pyridine rings is 1. The summed E-state index contributed by atoms with van der Waals surface area (Å²) in [6.45, 7) is 0. The molecule has 0 saturated carbocycles. The number of hydrogen-bond acceptors (Lipinski definition) is 4. The van der Waals surface area contributed by atoms with Crippen LogP contribution in [0.15, 0.2) is 30.5 Å². The van der Waals surface area contributed by atoms with Gasteiger partial charge in [-0.2, -0.15) is 5.26 Å². The Labute approximate surface area is 91.1 Å². The van der Waals surface area contributed by atoms with E-state index in [9.17, 15) is 10.1 Å². The summed E-state index contributed by atoms with van der Waals surface area (Å²) in [5.41, 5.74) is 0.969. The highest BCUT2D eigenvalue weighted by atomic mass is 16.6. The van der Waals surface area contributed by atoms with E-state index in [0.717, 1.165) is 0 Å². The van der Waals surface area contributed by atoms with Crippen LogP contribution in [0.5, 0.6) is 0 Å². The van der Waals surface area contributed by atoms with Crippen molar-refractivity contribution in [2.75, 3.05) is 0 Å². The summed E-state index contributed by atoms with van der Waals surface area (Å²) in [5.74, 6) is 0. The fourth-order valence-electron chi connectivity index (χ4n) is 1.63. The molecule has 78 valence electrons. The van der Waals surface area contributed by atoms with Crippen molar-refractivity contribution in [2.45, 2.75) is 6.42 Å². The topological polar surface area (TPSA) is 79.8 Å². The molecule has 5 nitrogen and oxygen atoms in total. The molecule has 0 bridgehead atoms. The number of aromatic nitrogens is 1. The molecule has 1 heterocycles. The van der Waals surface area contributed by atoms with E-state index in [-0.39, 0.29) is 12.1 Å². The molecule has 1 aromatic heterocycles. The molecule has 2 rings (SSSR count). The van der Waals surface area contributed by atoms with Gasteiger partial charge in [-0.15, -0.1) is 0 Å². The maximum atomic E-state index is 11.0. The Kier molecular flexibility index (Phi) is 2.48. The van der Waals surface area contributed by atoms with Crippen LogP contribution in [0.4, 0.5) is 5.69 Å². The lowest BCUT2D eigenvalue weighted by atomic mass is 10.1. The van der Waals surface area contributed by atoms with Crippen LogP contribution < -0.4 is 0 Å². The Bertz CT molecular complexity index is 602. The van der Waals surface area contributed by atoms with Gasteiger partial charge in [0.2, 0.25) is 0 Å². The van der Waals surface area contributed by atoms with Crippen LogP contribution in [-0.2, 0) is 6.42 Å². The van der Waals surface area contributed by atoms with Gasteiger partial charge in [-0.25, -0.2) is 0 Å². The minimum Gasteiger partial charge on any atom is -0.258 e. The lowest BCUT2D eigenvalue weighted by Crippen LogP contribution is -1.96. The van der Waals surface area contributed by atoms with E-state index in [1.807, 2.05) is 6.07 Å². The average Bonchev–Trinajstić information content (AvgIpc) is 2.28. The molecule has 0 unspecified atom stereocenters. The number of hydrogen-bond donors (Lipinski definition) is 0. The molecular formula is C11H7N3O2. The predicted octanol–water partition coefficient (Wildman–Crippen LogP) is 2.21. The average molecular weight is 213 g/mol. The number of fused-ring (bicyclic) bond motifs is 1. The van der Waals surface area contributed by atoms with Gasteiger partial charge in [0.15, 0.2) is 0 Å². The third kappa shape index (κ3) is 1.57. The van der Waals surface area contributed by atoms with Crippen molar-refractivity contribution in [3.8, 4) is 6.07 Å². The van der Waals surface area contributed by atoms with Crippen LogP contribution in [0, 0.1) is 21.4 Å². The van der Waals surface area contributed by atoms with Gasteiger partial charge in [0, 0.05) is 11.8 Å². The Morgan fingerprint density at radius 2 is 2.25 bits per heavy atom. The van der Waals surface area contributed by atoms with Crippen molar-refractivity contribution in [3.05, 3.63) is 46.1 Å². The first-order valence-electron chi connectivity index (χ1n) is 4.62. The third-order valence-electron chi connectivity index (χ3n) is 2.29. The van der Waals surface area contributed by atoms with Crippen molar-refractivity contribution in [1.82, 2.24) is 4.98 Å². The highest BCUT2D eigenvalue weighted by molar-refractivity contribution is 5.89. The molecule has 0 amide bonds. The summed E-state index contributed by atoms with van der Waals surface area (Å²) in [6.07, 6.45) is 1.61. The second kappa shape index (κ2) is 3.95. The lowest BCUT2D eigenvalue weighted by Gasteiger charge is -2.02. The van der Waals surface area contributed by atoms with E-state index in [2.05, 4.69) is 4.98 Å². The molecule has 0 saturated heterocycles. The van der Waals surface area contributed by atoms with E-state index in [1.165, 1.54) is 0 Å². The predicted molar refractivity (Wildman–Crippen MR) is 57.7 cm³/mol. The van der Waals surface area contributed by atoms with Crippen molar-refractivity contribution in [1.29, 1.82) is 5.26 Å². The van der Waals surface area contributed by atoms with Gasteiger partial charge in [0.05, 0.1) is 28.3 Å². The summed E-state index contributed by atoms with van der Waals surface area (Å²) >= 11 is 0. The van der Waals surface area contributed by atoms with Crippen molar-refractivity contribution >= 4 is 16.6 Å². The van der Waals surface area contributed by atoms with E-state index in [1.54, 1.807) is 30.5 Å². The fourth-order valence-corrected chi connectivity index (χ4v) is 1.63. The first kappa shape index (κ1) is 10.1. The van der Waals surface area contributed by atoms with Gasteiger partial charge in [-0.05, 0) is 24.3 Å². The highest BCUT2D eigenvalue weighted by Crippen LogP contribution is 2.28. The quantitative estimate of drug-likeness (QED) is 0.565. The van der Waals surface area contributed by atoms with Crippen LogP contribution in [0.1, 0.15) is 5.56 Å². The Morgan fingerprint density at radius 1 is 1.44 bits per heavy atom. The van der Waals surface area contributed by atoms with Gasteiger partial charge in [-0.1, -0.05) is 0 Å². The second-order valence-corrected chi connectivity index (χ2v) is 3.24. The standard InChI is InChI=1S/C11H7N3O2/c12-6-5-8-3-4-10-9(2-1-7-13-10)11(8)14(15)16/h1-4,7H,5H2. The molecule has 0 N–H and O–H groups in total. The molecule has 0 fully saturated rings. The molecule has 5 heteroatoms. The van der Waals surface area contributed by atoms with Crippen LogP contribution in [0.2, 0.25) is 0 Å². The molecule has 16 heavy (non-hydrogen) atoms. The van der Waals surface area contributed by atoms with Gasteiger partial charge in [0.1, 0.15) is 0 Å². The second-order valence-electron chi connectivity index (χ2n) is 3.24. The smallest absolute Gasteiger partial charge is 0.258 e. The minimum absolute atomic E-state index is 0.0212. The Morgan fingerprint density at radius 3 is 2.94 bits per heavy atom. The van der Waals surface area contributed by atoms with Gasteiger partial charge >= 0.3 is 0 Å². The molecule has 0 aliphatic rings. The number of nitro benzene ring substituents is 1. The fraction of sp³-hybridized carbons (Fsp3) is 0.0909. The minimum atomic E-state index is -0.462. The zero-order valence-electron chi connectivity index (χ0n) is 8.25. The number of nitro groups is 1. The Balaban J connectivity index is 2.80. The summed E-state index contributed by atoms with van der Waals surface area (Å²) in [7, 11) is 0. The molecule has 0 aliphatic carbocycles. The summed E-state index contributed by atoms with van der Waals surface area (Å²) < 4.78 is 0. The maximum absolute atomic E-state index is 11.0. The summed E-state index contributed by atoms with van der Waals surface area (Å²) in [4.78, 5) is 14.6. The summed E-state index contributed by atoms with van der Waals surface area (Å²) in [5, 5.41) is 20.1. The molecule has 0 radical (unpaired) electrons. The van der Waals surface area contributed by atoms with Gasteiger partial charge in [-0.3, -0.25) is 15.1 Å². The van der Waals surface area contributed by atoms with E-state index in [4.69, 9.17) is 5.26 Å². The van der Waals surface area contributed by atoms with Crippen LogP contribution in [0.3, 0.4) is 0 Å². The zero-order chi connectivity index (χ0) is 11.5. The molecular weight excluding hydrogens is 206 g/mol. The summed E-state index contributed by atoms with van der Waals surface area (Å²) in [6, 6.07) is 8.47. The molecule has 2 aromatic rings. The van der Waals surface area contributed by atoms with Crippen molar-refractivity contribution in [2.24, 2.45) is 0 Å². The third-order valence-corrected chi connectivity index (χ3v) is 2.29. The number of rotatable bonds is 2. The van der Waals surface area contributed by atoms with Crippen molar-refractivity contribution < 1.29 is 4.92 Å². The Hall–Kier alpha value is -2.48. The van der Waals surface area contributed by atoms with E-state index < -0.39 is 4.92 Å². The number of benzene rings is 1. The lowest BCUT2D eigenvalue weighted by molar-refractivity contribution is -0.383. The van der Waals surface area contributed by atoms with Crippen LogP contribution in [-0.4, -0.2) is 9.91 Å². The SMILES string of the molecule is N#CCc1ccc2ncccc2c1[N+](=O)[O-]. The number of nitrogens with zero attached hydrogens (tertiary/aromatic N) is 3. The van der Waals surface area contributed by atoms with Gasteiger partial charge < -0.3 is 0 Å². The van der Waals surface area contributed by atoms with Crippen LogP contribution >= 0.6 is 0 Å². The molecule has 0 atom stereocenters. The maximum Gasteiger partial charge on any atom is 0.282 e. The molecule has 0 aliphatic heterocycles. The normalized spacial score (nSPS) is 9.94. The first-order chi connectivity index (χ1) is 7.74. The first-order valence-corrected chi connectivity index (χ1v) is 4.62. The van der Waals surface area contributed by atoms with Crippen molar-refractivity contribution in [3.63, 3.8) is 0 Å². The molecule has 1 aromatic carbocycles. The molecule has 0 spiro atoms. The number of nitriles is 1. The monoisotopic (exact) mass is 213 g/mol. The highest BCUT2D eigenvalue weighted by Gasteiger charge is 2.17. The van der Waals surface area contributed by atoms with Gasteiger partial charge in [0.25, 0.3) is 5.69 Å². The van der Waals surface area contributed by atoms with E-state index in [0.29, 0.717) is 16.5 Å². The zero-order valence-corrected chi connectivity index (χ0v) is 8.25. The largest absolute Gasteiger partial charge is 0.282 e. The van der Waals surface area contributed by atoms with E-state index >= 15 is 0 Å². The van der Waals surface area contributed by atoms with Crippen LogP contribution in [0.25, 0.3) is 10.9 Å².